The van der Waals surface area contributed by atoms with Gasteiger partial charge in [-0.05, 0) is 73.7 Å². The number of pyridine rings is 2. The van der Waals surface area contributed by atoms with Crippen LogP contribution in [0.15, 0.2) is 77.6 Å². The second-order valence-electron chi connectivity index (χ2n) is 16.5. The SMILES string of the molecule is Cc1cc(-c2[nH]nc3ncc(-c4ccc(N5CCN(CCc6ccc(C7CCC(=O)NC7=O)cc6)CC5)cn4)cc23)ccc1N[C@@H](C)NC(=O)c1noc(C(C)(C)C)n1. The smallest absolute Gasteiger partial charge is 0.294 e. The van der Waals surface area contributed by atoms with Crippen molar-refractivity contribution in [2.24, 2.45) is 0 Å². The number of nitrogens with zero attached hydrogens (tertiary/aromatic N) is 7. The summed E-state index contributed by atoms with van der Waals surface area (Å²) >= 11 is 0. The number of piperazine rings is 1. The molecule has 1 unspecified atom stereocenters. The summed E-state index contributed by atoms with van der Waals surface area (Å²) in [6.45, 7) is 14.4. The molecule has 15 heteroatoms. The highest BCUT2D eigenvalue weighted by atomic mass is 16.5. The van der Waals surface area contributed by atoms with Crippen LogP contribution in [-0.2, 0) is 21.4 Å². The first-order valence-electron chi connectivity index (χ1n) is 20.1. The summed E-state index contributed by atoms with van der Waals surface area (Å²) in [5.74, 6) is -0.653. The molecule has 0 aliphatic carbocycles. The van der Waals surface area contributed by atoms with Gasteiger partial charge in [0.1, 0.15) is 0 Å². The number of benzene rings is 2. The molecule has 0 saturated carbocycles. The lowest BCUT2D eigenvalue weighted by Crippen LogP contribution is -2.47. The van der Waals surface area contributed by atoms with Crippen LogP contribution in [0.4, 0.5) is 11.4 Å². The molecule has 0 spiro atoms. The van der Waals surface area contributed by atoms with E-state index in [1.165, 1.54) is 5.56 Å². The quantitative estimate of drug-likeness (QED) is 0.0921. The van der Waals surface area contributed by atoms with E-state index in [0.717, 1.165) is 89.5 Å². The van der Waals surface area contributed by atoms with E-state index in [1.807, 2.05) is 71.3 Å². The normalized spacial score (nSPS) is 16.9. The van der Waals surface area contributed by atoms with Gasteiger partial charge in [-0.2, -0.15) is 10.1 Å². The molecule has 2 fully saturated rings. The van der Waals surface area contributed by atoms with Crippen LogP contribution in [0.2, 0.25) is 0 Å². The van der Waals surface area contributed by atoms with E-state index in [0.29, 0.717) is 24.4 Å². The molecule has 0 bridgehead atoms. The van der Waals surface area contributed by atoms with E-state index in [2.05, 4.69) is 87.5 Å². The zero-order valence-electron chi connectivity index (χ0n) is 34.0. The molecule has 4 aromatic heterocycles. The van der Waals surface area contributed by atoms with Crippen LogP contribution >= 0.6 is 0 Å². The highest BCUT2D eigenvalue weighted by molar-refractivity contribution is 6.01. The number of aromatic nitrogens is 6. The highest BCUT2D eigenvalue weighted by Gasteiger charge is 2.28. The van der Waals surface area contributed by atoms with Crippen molar-refractivity contribution in [2.45, 2.75) is 71.4 Å². The Labute approximate surface area is 342 Å². The average molecular weight is 796 g/mol. The zero-order valence-corrected chi connectivity index (χ0v) is 34.0. The van der Waals surface area contributed by atoms with E-state index in [-0.39, 0.29) is 29.0 Å². The number of aromatic amines is 1. The lowest BCUT2D eigenvalue weighted by molar-refractivity contribution is -0.134. The van der Waals surface area contributed by atoms with Gasteiger partial charge in [0.25, 0.3) is 11.7 Å². The van der Waals surface area contributed by atoms with Gasteiger partial charge in [0.2, 0.25) is 17.7 Å². The molecule has 3 amide bonds. The number of H-pyrrole nitrogens is 1. The number of nitrogens with one attached hydrogen (secondary N) is 4. The Kier molecular flexibility index (Phi) is 10.9. The summed E-state index contributed by atoms with van der Waals surface area (Å²) in [6, 6.07) is 20.6. The van der Waals surface area contributed by atoms with Gasteiger partial charge in [0.05, 0.1) is 35.4 Å². The summed E-state index contributed by atoms with van der Waals surface area (Å²) in [6.07, 6.45) is 5.25. The highest BCUT2D eigenvalue weighted by Crippen LogP contribution is 2.32. The minimum Gasteiger partial charge on any atom is -0.368 e. The van der Waals surface area contributed by atoms with Crippen molar-refractivity contribution in [3.8, 4) is 22.5 Å². The van der Waals surface area contributed by atoms with E-state index in [4.69, 9.17) is 9.51 Å². The van der Waals surface area contributed by atoms with Crippen LogP contribution in [0.5, 0.6) is 0 Å². The summed E-state index contributed by atoms with van der Waals surface area (Å²) in [5, 5.41) is 21.1. The third kappa shape index (κ3) is 8.84. The van der Waals surface area contributed by atoms with E-state index in [1.54, 1.807) is 0 Å². The van der Waals surface area contributed by atoms with Crippen molar-refractivity contribution in [1.29, 1.82) is 0 Å². The molecule has 2 aliphatic rings. The number of hydrogen-bond donors (Lipinski definition) is 4. The molecule has 2 aliphatic heterocycles. The Balaban J connectivity index is 0.850. The zero-order chi connectivity index (χ0) is 41.3. The second-order valence-corrected chi connectivity index (χ2v) is 16.5. The lowest BCUT2D eigenvalue weighted by Gasteiger charge is -2.36. The van der Waals surface area contributed by atoms with E-state index < -0.39 is 12.1 Å². The number of rotatable bonds is 11. The van der Waals surface area contributed by atoms with Gasteiger partial charge < -0.3 is 20.1 Å². The van der Waals surface area contributed by atoms with Crippen LogP contribution in [0.25, 0.3) is 33.5 Å². The number of hydrogen-bond acceptors (Lipinski definition) is 12. The van der Waals surface area contributed by atoms with Crippen molar-refractivity contribution in [3.05, 3.63) is 101 Å². The molecule has 6 heterocycles. The predicted molar refractivity (Wildman–Crippen MR) is 225 cm³/mol. The number of aryl methyl sites for hydroxylation is 1. The third-order valence-corrected chi connectivity index (χ3v) is 11.0. The third-order valence-electron chi connectivity index (χ3n) is 11.0. The molecule has 0 radical (unpaired) electrons. The Hall–Kier alpha value is -6.48. The van der Waals surface area contributed by atoms with Gasteiger partial charge >= 0.3 is 0 Å². The maximum Gasteiger partial charge on any atom is 0.294 e. The monoisotopic (exact) mass is 795 g/mol. The first kappa shape index (κ1) is 39.4. The summed E-state index contributed by atoms with van der Waals surface area (Å²) in [5.41, 5.74) is 8.98. The molecule has 59 heavy (non-hydrogen) atoms. The number of carbonyl (C=O) groups excluding carboxylic acids is 3. The number of carbonyl (C=O) groups is 3. The molecule has 4 N–H and O–H groups in total. The van der Waals surface area contributed by atoms with Gasteiger partial charge in [0.15, 0.2) is 5.65 Å². The maximum absolute atomic E-state index is 12.8. The molecule has 6 aromatic rings. The van der Waals surface area contributed by atoms with Crippen molar-refractivity contribution in [1.82, 2.24) is 45.8 Å². The van der Waals surface area contributed by atoms with Crippen LogP contribution in [0.3, 0.4) is 0 Å². The topological polar surface area (TPSA) is 187 Å². The minimum absolute atomic E-state index is 0.00184. The number of piperidine rings is 1. The fraction of sp³-hybridized carbons (Fsp3) is 0.364. The van der Waals surface area contributed by atoms with Crippen LogP contribution in [0, 0.1) is 6.92 Å². The standard InChI is InChI=1S/C44H49N11O4/c1-26-22-30(10-13-35(26)47-27(2)48-42(58)40-50-43(59-53-40)44(3,4)5)38-34-23-31(24-46-39(34)52-51-38)36-14-11-32(25-45-36)55-20-18-54(19-21-55)17-16-28-6-8-29(9-7-28)33-12-15-37(56)49-41(33)57/h6-11,13-14,22-25,27,33,47H,12,15-21H2,1-5H3,(H,48,58)(H,46,51,52)(H,49,56,57)/t27-,33?/m1/s1. The van der Waals surface area contributed by atoms with Crippen LogP contribution < -0.4 is 20.9 Å². The van der Waals surface area contributed by atoms with Crippen molar-refractivity contribution in [2.75, 3.05) is 42.9 Å². The maximum atomic E-state index is 12.8. The summed E-state index contributed by atoms with van der Waals surface area (Å²) in [4.78, 5) is 55.1. The van der Waals surface area contributed by atoms with Crippen molar-refractivity contribution in [3.63, 3.8) is 0 Å². The fourth-order valence-corrected chi connectivity index (χ4v) is 7.58. The number of imide groups is 1. The van der Waals surface area contributed by atoms with Gasteiger partial charge in [0, 0.05) is 73.0 Å². The minimum atomic E-state index is -0.421. The molecule has 2 saturated heterocycles. The number of fused-ring (bicyclic) bond motifs is 1. The van der Waals surface area contributed by atoms with Crippen molar-refractivity contribution < 1.29 is 18.9 Å². The first-order chi connectivity index (χ1) is 28.4. The van der Waals surface area contributed by atoms with Gasteiger partial charge in [-0.3, -0.25) is 34.7 Å². The first-order valence-corrected chi connectivity index (χ1v) is 20.1. The molecular weight excluding hydrogens is 747 g/mol. The Bertz CT molecular complexity index is 2480. The molecular formula is C44H49N11O4. The van der Waals surface area contributed by atoms with Crippen LogP contribution in [-0.4, -0.2) is 91.8 Å². The fourth-order valence-electron chi connectivity index (χ4n) is 7.58. The second kappa shape index (κ2) is 16.4. The number of anilines is 2. The van der Waals surface area contributed by atoms with E-state index in [9.17, 15) is 14.4 Å². The van der Waals surface area contributed by atoms with Gasteiger partial charge in [-0.1, -0.05) is 56.3 Å². The molecule has 8 rings (SSSR count). The predicted octanol–water partition coefficient (Wildman–Crippen LogP) is 5.75. The Morgan fingerprint density at radius 1 is 0.966 bits per heavy atom. The summed E-state index contributed by atoms with van der Waals surface area (Å²) < 4.78 is 5.27. The summed E-state index contributed by atoms with van der Waals surface area (Å²) in [7, 11) is 0. The van der Waals surface area contributed by atoms with Crippen molar-refractivity contribution >= 4 is 40.1 Å². The Morgan fingerprint density at radius 2 is 1.76 bits per heavy atom. The lowest BCUT2D eigenvalue weighted by atomic mass is 9.90. The van der Waals surface area contributed by atoms with E-state index >= 15 is 0 Å². The van der Waals surface area contributed by atoms with Gasteiger partial charge in [-0.25, -0.2) is 4.98 Å². The molecule has 15 nitrogen and oxygen atoms in total. The molecule has 2 atom stereocenters. The number of amides is 3. The Morgan fingerprint density at radius 3 is 2.46 bits per heavy atom. The molecule has 304 valence electrons. The molecule has 2 aromatic carbocycles. The van der Waals surface area contributed by atoms with Crippen LogP contribution in [0.1, 0.15) is 79.7 Å². The van der Waals surface area contributed by atoms with Gasteiger partial charge in [-0.15, -0.1) is 0 Å². The average Bonchev–Trinajstić information content (AvgIpc) is 3.90. The largest absolute Gasteiger partial charge is 0.368 e.